The van der Waals surface area contributed by atoms with E-state index in [2.05, 4.69) is 0 Å². The Morgan fingerprint density at radius 3 is 2.89 bits per heavy atom. The number of likely N-dealkylation sites (tertiary alicyclic amines) is 1. The maximum Gasteiger partial charge on any atom is 0.239 e. The highest BCUT2D eigenvalue weighted by molar-refractivity contribution is 8.00. The first-order valence-electron chi connectivity index (χ1n) is 5.90. The first-order chi connectivity index (χ1) is 8.58. The predicted molar refractivity (Wildman–Crippen MR) is 72.3 cm³/mol. The normalized spacial score (nSPS) is 15.2. The molecule has 1 saturated heterocycles. The number of imide groups is 1. The number of anilines is 1. The fourth-order valence-corrected chi connectivity index (χ4v) is 2.85. The summed E-state index contributed by atoms with van der Waals surface area (Å²) in [4.78, 5) is 25.7. The minimum Gasteiger partial charge on any atom is -0.399 e. The molecule has 0 spiro atoms. The van der Waals surface area contributed by atoms with Crippen LogP contribution in [0.15, 0.2) is 23.1 Å². The number of hydrogen-bond acceptors (Lipinski definition) is 4. The van der Waals surface area contributed by atoms with Gasteiger partial charge in [-0.2, -0.15) is 0 Å². The average Bonchev–Trinajstić information content (AvgIpc) is 2.74. The van der Waals surface area contributed by atoms with Crippen LogP contribution >= 0.6 is 11.8 Å². The molecule has 5 heteroatoms. The van der Waals surface area contributed by atoms with Crippen molar-refractivity contribution in [3.8, 4) is 0 Å². The second kappa shape index (κ2) is 5.44. The van der Waals surface area contributed by atoms with Gasteiger partial charge in [0.15, 0.2) is 0 Å². The van der Waals surface area contributed by atoms with Crippen molar-refractivity contribution < 1.29 is 9.59 Å². The van der Waals surface area contributed by atoms with Gasteiger partial charge >= 0.3 is 0 Å². The zero-order valence-electron chi connectivity index (χ0n) is 10.3. The van der Waals surface area contributed by atoms with Gasteiger partial charge in [0.25, 0.3) is 0 Å². The predicted octanol–water partition coefficient (Wildman–Crippen LogP) is 1.82. The van der Waals surface area contributed by atoms with Gasteiger partial charge in [-0.05, 0) is 37.1 Å². The molecule has 1 fully saturated rings. The van der Waals surface area contributed by atoms with Crippen LogP contribution in [0.3, 0.4) is 0 Å². The summed E-state index contributed by atoms with van der Waals surface area (Å²) < 4.78 is 0. The van der Waals surface area contributed by atoms with E-state index < -0.39 is 0 Å². The Kier molecular flexibility index (Phi) is 3.91. The average molecular weight is 264 g/mol. The number of benzene rings is 1. The number of nitrogens with zero attached hydrogens (tertiary/aromatic N) is 1. The van der Waals surface area contributed by atoms with Gasteiger partial charge < -0.3 is 5.73 Å². The molecule has 1 aliphatic heterocycles. The number of hydrogen-bond donors (Lipinski definition) is 1. The molecule has 4 nitrogen and oxygen atoms in total. The smallest absolute Gasteiger partial charge is 0.239 e. The third kappa shape index (κ3) is 2.85. The molecular formula is C13H16N2O2S. The van der Waals surface area contributed by atoms with Crippen LogP contribution in [0.25, 0.3) is 0 Å². The van der Waals surface area contributed by atoms with Gasteiger partial charge in [-0.25, -0.2) is 0 Å². The van der Waals surface area contributed by atoms with Crippen LogP contribution < -0.4 is 5.73 Å². The number of carbonyl (C=O) groups is 2. The fraction of sp³-hybridized carbons (Fsp3) is 0.385. The molecule has 1 heterocycles. The SMILES string of the molecule is Cc1cc(N)ccc1SCC(=O)N1CCCC1=O. The highest BCUT2D eigenvalue weighted by atomic mass is 32.2. The number of rotatable bonds is 3. The Morgan fingerprint density at radius 1 is 1.50 bits per heavy atom. The van der Waals surface area contributed by atoms with E-state index in [1.54, 1.807) is 0 Å². The van der Waals surface area contributed by atoms with Crippen molar-refractivity contribution in [2.24, 2.45) is 0 Å². The maximum atomic E-state index is 11.9. The molecule has 1 aliphatic rings. The lowest BCUT2D eigenvalue weighted by Gasteiger charge is -2.13. The second-order valence-electron chi connectivity index (χ2n) is 4.36. The summed E-state index contributed by atoms with van der Waals surface area (Å²) in [6, 6.07) is 5.61. The van der Waals surface area contributed by atoms with Crippen LogP contribution in [0.4, 0.5) is 5.69 Å². The number of nitrogen functional groups attached to an aromatic ring is 1. The Labute approximate surface area is 111 Å². The molecule has 96 valence electrons. The van der Waals surface area contributed by atoms with Crippen molar-refractivity contribution in [3.05, 3.63) is 23.8 Å². The largest absolute Gasteiger partial charge is 0.399 e. The zero-order valence-corrected chi connectivity index (χ0v) is 11.1. The molecule has 18 heavy (non-hydrogen) atoms. The summed E-state index contributed by atoms with van der Waals surface area (Å²) in [5, 5.41) is 0. The number of aryl methyl sites for hydroxylation is 1. The summed E-state index contributed by atoms with van der Waals surface area (Å²) in [7, 11) is 0. The molecule has 0 aliphatic carbocycles. The molecule has 2 N–H and O–H groups in total. The van der Waals surface area contributed by atoms with Gasteiger partial charge in [0.1, 0.15) is 0 Å². The van der Waals surface area contributed by atoms with Crippen molar-refractivity contribution in [3.63, 3.8) is 0 Å². The minimum absolute atomic E-state index is 0.0466. The quantitative estimate of drug-likeness (QED) is 0.668. The summed E-state index contributed by atoms with van der Waals surface area (Å²) in [6.07, 6.45) is 1.29. The van der Waals surface area contributed by atoms with Crippen molar-refractivity contribution in [2.45, 2.75) is 24.7 Å². The van der Waals surface area contributed by atoms with Crippen LogP contribution in [0.1, 0.15) is 18.4 Å². The molecule has 2 amide bonds. The van der Waals surface area contributed by atoms with Gasteiger partial charge in [0, 0.05) is 23.5 Å². The van der Waals surface area contributed by atoms with E-state index in [0.29, 0.717) is 18.7 Å². The third-order valence-electron chi connectivity index (χ3n) is 2.92. The van der Waals surface area contributed by atoms with Gasteiger partial charge in [-0.3, -0.25) is 14.5 Å². The van der Waals surface area contributed by atoms with E-state index in [4.69, 9.17) is 5.73 Å². The van der Waals surface area contributed by atoms with Gasteiger partial charge in [0.2, 0.25) is 11.8 Å². The molecule has 0 atom stereocenters. The van der Waals surface area contributed by atoms with Crippen molar-refractivity contribution >= 4 is 29.3 Å². The van der Waals surface area contributed by atoms with Crippen LogP contribution in [0, 0.1) is 6.92 Å². The maximum absolute atomic E-state index is 11.9. The number of thioether (sulfide) groups is 1. The lowest BCUT2D eigenvalue weighted by molar-refractivity contribution is -0.140. The van der Waals surface area contributed by atoms with Crippen LogP contribution in [-0.2, 0) is 9.59 Å². The summed E-state index contributed by atoms with van der Waals surface area (Å²) in [6.45, 7) is 2.53. The van der Waals surface area contributed by atoms with E-state index in [1.807, 2.05) is 25.1 Å². The molecule has 1 aromatic carbocycles. The Balaban J connectivity index is 1.95. The first kappa shape index (κ1) is 13.0. The monoisotopic (exact) mass is 264 g/mol. The zero-order chi connectivity index (χ0) is 13.1. The van der Waals surface area contributed by atoms with Crippen LogP contribution in [0.2, 0.25) is 0 Å². The molecule has 0 aromatic heterocycles. The van der Waals surface area contributed by atoms with E-state index in [0.717, 1.165) is 22.6 Å². The number of amides is 2. The van der Waals surface area contributed by atoms with E-state index in [1.165, 1.54) is 16.7 Å². The molecule has 0 saturated carbocycles. The van der Waals surface area contributed by atoms with Gasteiger partial charge in [-0.1, -0.05) is 0 Å². The first-order valence-corrected chi connectivity index (χ1v) is 6.88. The van der Waals surface area contributed by atoms with Crippen LogP contribution in [-0.4, -0.2) is 29.0 Å². The second-order valence-corrected chi connectivity index (χ2v) is 5.37. The summed E-state index contributed by atoms with van der Waals surface area (Å²) in [5.41, 5.74) is 7.45. The van der Waals surface area contributed by atoms with E-state index in [-0.39, 0.29) is 11.8 Å². The van der Waals surface area contributed by atoms with Crippen molar-refractivity contribution in [2.75, 3.05) is 18.0 Å². The standard InChI is InChI=1S/C13H16N2O2S/c1-9-7-10(14)4-5-11(9)18-8-13(17)15-6-2-3-12(15)16/h4-5,7H,2-3,6,8,14H2,1H3. The Hall–Kier alpha value is -1.49. The Morgan fingerprint density at radius 2 is 2.28 bits per heavy atom. The molecule has 2 rings (SSSR count). The topological polar surface area (TPSA) is 63.4 Å². The van der Waals surface area contributed by atoms with Gasteiger partial charge in [0.05, 0.1) is 5.75 Å². The number of nitrogens with two attached hydrogens (primary N) is 1. The van der Waals surface area contributed by atoms with Crippen molar-refractivity contribution in [1.29, 1.82) is 0 Å². The third-order valence-corrected chi connectivity index (χ3v) is 4.08. The lowest BCUT2D eigenvalue weighted by atomic mass is 10.2. The fourth-order valence-electron chi connectivity index (χ4n) is 1.96. The number of carbonyl (C=O) groups excluding carboxylic acids is 2. The van der Waals surface area contributed by atoms with E-state index in [9.17, 15) is 9.59 Å². The highest BCUT2D eigenvalue weighted by Crippen LogP contribution is 2.25. The minimum atomic E-state index is -0.0984. The van der Waals surface area contributed by atoms with Crippen LogP contribution in [0.5, 0.6) is 0 Å². The van der Waals surface area contributed by atoms with E-state index >= 15 is 0 Å². The molecule has 1 aromatic rings. The highest BCUT2D eigenvalue weighted by Gasteiger charge is 2.26. The lowest BCUT2D eigenvalue weighted by Crippen LogP contribution is -2.33. The van der Waals surface area contributed by atoms with Gasteiger partial charge in [-0.15, -0.1) is 11.8 Å². The molecule has 0 unspecified atom stereocenters. The molecule has 0 bridgehead atoms. The molecule has 0 radical (unpaired) electrons. The van der Waals surface area contributed by atoms with Crippen molar-refractivity contribution in [1.82, 2.24) is 4.90 Å². The molecular weight excluding hydrogens is 248 g/mol. The summed E-state index contributed by atoms with van der Waals surface area (Å²) >= 11 is 1.45. The Bertz CT molecular complexity index is 488. The summed E-state index contributed by atoms with van der Waals surface area (Å²) in [5.74, 6) is 0.157.